The lowest BCUT2D eigenvalue weighted by atomic mass is 10.1. The molecule has 0 unspecified atom stereocenters. The van der Waals surface area contributed by atoms with Gasteiger partial charge in [0.05, 0.1) is 11.1 Å². The van der Waals surface area contributed by atoms with Gasteiger partial charge in [-0.1, -0.05) is 18.2 Å². The van der Waals surface area contributed by atoms with E-state index in [4.69, 9.17) is 0 Å². The summed E-state index contributed by atoms with van der Waals surface area (Å²) in [5.74, 6) is 0.667. The van der Waals surface area contributed by atoms with Crippen molar-refractivity contribution in [3.05, 3.63) is 48.3 Å². The van der Waals surface area contributed by atoms with Gasteiger partial charge in [0, 0.05) is 31.4 Å². The summed E-state index contributed by atoms with van der Waals surface area (Å²) in [6.45, 7) is 1.58. The van der Waals surface area contributed by atoms with Crippen LogP contribution in [0.4, 0.5) is 0 Å². The van der Waals surface area contributed by atoms with Crippen LogP contribution in [0.2, 0.25) is 0 Å². The highest BCUT2D eigenvalue weighted by Gasteiger charge is 2.15. The van der Waals surface area contributed by atoms with Crippen LogP contribution in [-0.2, 0) is 7.05 Å². The smallest absolute Gasteiger partial charge is 0.252 e. The number of nitrogens with zero attached hydrogens (tertiary/aromatic N) is 4. The summed E-state index contributed by atoms with van der Waals surface area (Å²) in [5, 5.41) is 3.87. The van der Waals surface area contributed by atoms with Gasteiger partial charge in [-0.2, -0.15) is 0 Å². The summed E-state index contributed by atoms with van der Waals surface area (Å²) in [6, 6.07) is 9.53. The molecular formula is C19H23N5O. The second-order valence-corrected chi connectivity index (χ2v) is 6.35. The Balaban J connectivity index is 1.93. The Morgan fingerprint density at radius 1 is 1.28 bits per heavy atom. The van der Waals surface area contributed by atoms with E-state index in [1.807, 2.05) is 62.2 Å². The molecule has 6 nitrogen and oxygen atoms in total. The molecule has 3 rings (SSSR count). The SMILES string of the molecule is CN(C)CCCNC(=O)c1cc(-c2nccn2C)nc2ccccc12. The van der Waals surface area contributed by atoms with Gasteiger partial charge in [-0.15, -0.1) is 0 Å². The van der Waals surface area contributed by atoms with Crippen molar-refractivity contribution in [2.75, 3.05) is 27.2 Å². The maximum Gasteiger partial charge on any atom is 0.252 e. The number of benzene rings is 1. The predicted molar refractivity (Wildman–Crippen MR) is 99.4 cm³/mol. The van der Waals surface area contributed by atoms with E-state index in [1.165, 1.54) is 0 Å². The Hall–Kier alpha value is -2.73. The molecule has 2 aromatic heterocycles. The van der Waals surface area contributed by atoms with Crippen molar-refractivity contribution < 1.29 is 4.79 Å². The van der Waals surface area contributed by atoms with Crippen LogP contribution < -0.4 is 5.32 Å². The second kappa shape index (κ2) is 7.44. The highest BCUT2D eigenvalue weighted by molar-refractivity contribution is 6.07. The Bertz CT molecular complexity index is 884. The third-order valence-electron chi connectivity index (χ3n) is 4.08. The van der Waals surface area contributed by atoms with E-state index < -0.39 is 0 Å². The van der Waals surface area contributed by atoms with E-state index in [0.717, 1.165) is 29.7 Å². The zero-order chi connectivity index (χ0) is 17.8. The molecule has 0 atom stereocenters. The summed E-state index contributed by atoms with van der Waals surface area (Å²) in [5.41, 5.74) is 2.12. The molecule has 3 aromatic rings. The lowest BCUT2D eigenvalue weighted by Crippen LogP contribution is -2.27. The molecule has 1 N–H and O–H groups in total. The topological polar surface area (TPSA) is 63.1 Å². The number of pyridine rings is 1. The summed E-state index contributed by atoms with van der Waals surface area (Å²) in [4.78, 5) is 23.9. The summed E-state index contributed by atoms with van der Waals surface area (Å²) >= 11 is 0. The van der Waals surface area contributed by atoms with Crippen molar-refractivity contribution >= 4 is 16.8 Å². The van der Waals surface area contributed by atoms with Crippen LogP contribution in [0.5, 0.6) is 0 Å². The lowest BCUT2D eigenvalue weighted by Gasteiger charge is -2.12. The Morgan fingerprint density at radius 2 is 2.08 bits per heavy atom. The molecular weight excluding hydrogens is 314 g/mol. The molecule has 0 fully saturated rings. The number of amides is 1. The fraction of sp³-hybridized carbons (Fsp3) is 0.316. The fourth-order valence-electron chi connectivity index (χ4n) is 2.78. The van der Waals surface area contributed by atoms with E-state index >= 15 is 0 Å². The molecule has 1 aromatic carbocycles. The van der Waals surface area contributed by atoms with Crippen LogP contribution >= 0.6 is 0 Å². The molecule has 0 spiro atoms. The zero-order valence-corrected chi connectivity index (χ0v) is 14.9. The maximum atomic E-state index is 12.7. The van der Waals surface area contributed by atoms with Crippen LogP contribution in [0.15, 0.2) is 42.7 Å². The molecule has 25 heavy (non-hydrogen) atoms. The number of carbonyl (C=O) groups is 1. The predicted octanol–water partition coefficient (Wildman–Crippen LogP) is 2.32. The van der Waals surface area contributed by atoms with Gasteiger partial charge in [0.25, 0.3) is 5.91 Å². The van der Waals surface area contributed by atoms with Crippen LogP contribution in [0.3, 0.4) is 0 Å². The molecule has 2 heterocycles. The number of nitrogens with one attached hydrogen (secondary N) is 1. The summed E-state index contributed by atoms with van der Waals surface area (Å²) in [6.07, 6.45) is 4.51. The van der Waals surface area contributed by atoms with E-state index in [0.29, 0.717) is 17.8 Å². The quantitative estimate of drug-likeness (QED) is 0.701. The minimum absolute atomic E-state index is 0.0761. The monoisotopic (exact) mass is 337 g/mol. The Labute approximate surface area is 147 Å². The molecule has 0 saturated carbocycles. The van der Waals surface area contributed by atoms with E-state index in [-0.39, 0.29) is 5.91 Å². The van der Waals surface area contributed by atoms with Gasteiger partial charge < -0.3 is 14.8 Å². The second-order valence-electron chi connectivity index (χ2n) is 6.35. The maximum absolute atomic E-state index is 12.7. The standard InChI is InChI=1S/C19H23N5O/c1-23(2)11-6-9-21-19(25)15-13-17(18-20-10-12-24(18)3)22-16-8-5-4-7-14(15)16/h4-5,7-8,10,12-13H,6,9,11H2,1-3H3,(H,21,25). The van der Waals surface area contributed by atoms with Crippen LogP contribution in [0.25, 0.3) is 22.4 Å². The fourth-order valence-corrected chi connectivity index (χ4v) is 2.78. The van der Waals surface area contributed by atoms with E-state index in [9.17, 15) is 4.79 Å². The largest absolute Gasteiger partial charge is 0.352 e. The van der Waals surface area contributed by atoms with Crippen molar-refractivity contribution in [3.8, 4) is 11.5 Å². The molecule has 0 aliphatic rings. The van der Waals surface area contributed by atoms with Crippen LogP contribution in [0.1, 0.15) is 16.8 Å². The van der Waals surface area contributed by atoms with Crippen molar-refractivity contribution in [2.24, 2.45) is 7.05 Å². The molecule has 0 bridgehead atoms. The highest BCUT2D eigenvalue weighted by Crippen LogP contribution is 2.23. The van der Waals surface area contributed by atoms with Crippen LogP contribution in [-0.4, -0.2) is 52.5 Å². The van der Waals surface area contributed by atoms with E-state index in [2.05, 4.69) is 20.2 Å². The number of para-hydroxylation sites is 1. The summed E-state index contributed by atoms with van der Waals surface area (Å²) in [7, 11) is 5.97. The molecule has 0 saturated heterocycles. The highest BCUT2D eigenvalue weighted by atomic mass is 16.1. The minimum Gasteiger partial charge on any atom is -0.352 e. The number of fused-ring (bicyclic) bond motifs is 1. The molecule has 130 valence electrons. The minimum atomic E-state index is -0.0761. The number of aryl methyl sites for hydroxylation is 1. The third-order valence-corrected chi connectivity index (χ3v) is 4.08. The lowest BCUT2D eigenvalue weighted by molar-refractivity contribution is 0.0954. The van der Waals surface area contributed by atoms with Crippen molar-refractivity contribution in [3.63, 3.8) is 0 Å². The van der Waals surface area contributed by atoms with Gasteiger partial charge >= 0.3 is 0 Å². The van der Waals surface area contributed by atoms with Gasteiger partial charge in [0.1, 0.15) is 5.69 Å². The Morgan fingerprint density at radius 3 is 2.80 bits per heavy atom. The zero-order valence-electron chi connectivity index (χ0n) is 14.9. The average Bonchev–Trinajstić information content (AvgIpc) is 3.03. The number of rotatable bonds is 6. The first-order chi connectivity index (χ1) is 12.1. The van der Waals surface area contributed by atoms with Crippen molar-refractivity contribution in [1.29, 1.82) is 0 Å². The normalized spacial score (nSPS) is 11.2. The van der Waals surface area contributed by atoms with Gasteiger partial charge in [0.15, 0.2) is 5.82 Å². The van der Waals surface area contributed by atoms with Crippen molar-refractivity contribution in [2.45, 2.75) is 6.42 Å². The van der Waals surface area contributed by atoms with Gasteiger partial charge in [-0.3, -0.25) is 4.79 Å². The number of hydrogen-bond donors (Lipinski definition) is 1. The first kappa shape index (κ1) is 17.1. The van der Waals surface area contributed by atoms with Gasteiger partial charge in [-0.05, 0) is 39.2 Å². The molecule has 0 aliphatic heterocycles. The average molecular weight is 337 g/mol. The first-order valence-corrected chi connectivity index (χ1v) is 8.36. The number of imidazole rings is 1. The molecule has 1 amide bonds. The van der Waals surface area contributed by atoms with Crippen molar-refractivity contribution in [1.82, 2.24) is 24.8 Å². The molecule has 0 radical (unpaired) electrons. The number of aromatic nitrogens is 3. The number of hydrogen-bond acceptors (Lipinski definition) is 4. The molecule has 0 aliphatic carbocycles. The number of carbonyl (C=O) groups excluding carboxylic acids is 1. The molecule has 6 heteroatoms. The van der Waals surface area contributed by atoms with E-state index in [1.54, 1.807) is 6.20 Å². The Kier molecular flexibility index (Phi) is 5.09. The summed E-state index contributed by atoms with van der Waals surface area (Å²) < 4.78 is 1.90. The third kappa shape index (κ3) is 3.85. The van der Waals surface area contributed by atoms with Gasteiger partial charge in [-0.25, -0.2) is 9.97 Å². The van der Waals surface area contributed by atoms with Crippen LogP contribution in [0, 0.1) is 0 Å². The van der Waals surface area contributed by atoms with Gasteiger partial charge in [0.2, 0.25) is 0 Å². The first-order valence-electron chi connectivity index (χ1n) is 8.36.